The van der Waals surface area contributed by atoms with Gasteiger partial charge >= 0.3 is 0 Å². The Morgan fingerprint density at radius 1 is 1.27 bits per heavy atom. The second kappa shape index (κ2) is 7.14. The Hall–Kier alpha value is -3.39. The number of amides is 1. The number of imidazole rings is 1. The Kier molecular flexibility index (Phi) is 4.43. The van der Waals surface area contributed by atoms with Crippen LogP contribution in [0.25, 0.3) is 33.3 Å². The number of anilines is 1. The van der Waals surface area contributed by atoms with E-state index in [1.54, 1.807) is 6.33 Å². The average molecular weight is 404 g/mol. The van der Waals surface area contributed by atoms with Gasteiger partial charge < -0.3 is 24.9 Å². The van der Waals surface area contributed by atoms with E-state index in [1.807, 2.05) is 47.8 Å². The van der Waals surface area contributed by atoms with Crippen LogP contribution in [0.4, 0.5) is 5.82 Å². The molecule has 4 aromatic rings. The summed E-state index contributed by atoms with van der Waals surface area (Å²) < 4.78 is 1.99. The van der Waals surface area contributed by atoms with Gasteiger partial charge in [-0.25, -0.2) is 9.97 Å². The van der Waals surface area contributed by atoms with Crippen LogP contribution in [0.1, 0.15) is 23.2 Å². The van der Waals surface area contributed by atoms with E-state index < -0.39 is 0 Å². The SMILES string of the molecule is CNc1nc2[nH]c(-c3cccc(C(=O)N4CCC(O)CC4)c3)cc2c2c1ncn2C. The lowest BCUT2D eigenvalue weighted by Gasteiger charge is -2.29. The number of likely N-dealkylation sites (tertiary alicyclic amines) is 1. The zero-order chi connectivity index (χ0) is 20.8. The van der Waals surface area contributed by atoms with Crippen molar-refractivity contribution in [1.82, 2.24) is 24.4 Å². The van der Waals surface area contributed by atoms with Crippen LogP contribution < -0.4 is 5.32 Å². The molecule has 0 atom stereocenters. The van der Waals surface area contributed by atoms with E-state index in [1.165, 1.54) is 0 Å². The van der Waals surface area contributed by atoms with E-state index >= 15 is 0 Å². The third-order valence-electron chi connectivity index (χ3n) is 5.85. The smallest absolute Gasteiger partial charge is 0.253 e. The van der Waals surface area contributed by atoms with Crippen LogP contribution in [-0.4, -0.2) is 61.7 Å². The standard InChI is InChI=1S/C22H24N6O2/c1-23-21-18-19(27(2)12-24-18)16-11-17(25-20(16)26-21)13-4-3-5-14(10-13)22(30)28-8-6-15(29)7-9-28/h3-5,10-12,15,29H,6-9H2,1-2H3,(H2,23,25,26). The third kappa shape index (κ3) is 3.00. The van der Waals surface area contributed by atoms with Gasteiger partial charge in [-0.2, -0.15) is 0 Å². The Balaban J connectivity index is 1.54. The number of carbonyl (C=O) groups is 1. The molecule has 1 aliphatic rings. The maximum atomic E-state index is 12.9. The van der Waals surface area contributed by atoms with E-state index in [4.69, 9.17) is 0 Å². The summed E-state index contributed by atoms with van der Waals surface area (Å²) in [7, 11) is 3.80. The van der Waals surface area contributed by atoms with Gasteiger partial charge in [-0.3, -0.25) is 4.79 Å². The van der Waals surface area contributed by atoms with Crippen molar-refractivity contribution < 1.29 is 9.90 Å². The van der Waals surface area contributed by atoms with E-state index in [2.05, 4.69) is 26.3 Å². The minimum absolute atomic E-state index is 0.00415. The van der Waals surface area contributed by atoms with Crippen molar-refractivity contribution >= 4 is 33.8 Å². The van der Waals surface area contributed by atoms with Crippen LogP contribution >= 0.6 is 0 Å². The van der Waals surface area contributed by atoms with Gasteiger partial charge in [-0.15, -0.1) is 0 Å². The summed E-state index contributed by atoms with van der Waals surface area (Å²) in [5.41, 5.74) is 5.08. The van der Waals surface area contributed by atoms with Crippen molar-refractivity contribution in [1.29, 1.82) is 0 Å². The summed E-state index contributed by atoms with van der Waals surface area (Å²) in [5, 5.41) is 13.8. The number of hydrogen-bond acceptors (Lipinski definition) is 5. The molecule has 8 nitrogen and oxygen atoms in total. The van der Waals surface area contributed by atoms with Gasteiger partial charge in [0.2, 0.25) is 0 Å². The first-order valence-corrected chi connectivity index (χ1v) is 10.1. The third-order valence-corrected chi connectivity index (χ3v) is 5.85. The van der Waals surface area contributed by atoms with Gasteiger partial charge in [0, 0.05) is 43.8 Å². The van der Waals surface area contributed by atoms with Crippen LogP contribution in [0.3, 0.4) is 0 Å². The number of fused-ring (bicyclic) bond motifs is 3. The summed E-state index contributed by atoms with van der Waals surface area (Å²) in [6, 6.07) is 9.71. The number of nitrogens with zero attached hydrogens (tertiary/aromatic N) is 4. The Bertz CT molecular complexity index is 1250. The Morgan fingerprint density at radius 2 is 2.07 bits per heavy atom. The molecule has 1 aliphatic heterocycles. The molecule has 0 unspecified atom stereocenters. The first-order valence-electron chi connectivity index (χ1n) is 10.1. The molecule has 0 radical (unpaired) electrons. The highest BCUT2D eigenvalue weighted by atomic mass is 16.3. The van der Waals surface area contributed by atoms with E-state index in [-0.39, 0.29) is 12.0 Å². The number of pyridine rings is 1. The van der Waals surface area contributed by atoms with Crippen molar-refractivity contribution in [3.63, 3.8) is 0 Å². The number of rotatable bonds is 3. The fourth-order valence-corrected chi connectivity index (χ4v) is 4.20. The van der Waals surface area contributed by atoms with Crippen LogP contribution in [0, 0.1) is 0 Å². The lowest BCUT2D eigenvalue weighted by Crippen LogP contribution is -2.40. The second-order valence-electron chi connectivity index (χ2n) is 7.81. The minimum Gasteiger partial charge on any atom is -0.393 e. The van der Waals surface area contributed by atoms with Crippen LogP contribution in [0.5, 0.6) is 0 Å². The molecule has 0 bridgehead atoms. The summed E-state index contributed by atoms with van der Waals surface area (Å²) in [4.78, 5) is 27.3. The van der Waals surface area contributed by atoms with Crippen molar-refractivity contribution in [2.75, 3.05) is 25.5 Å². The molecule has 3 aromatic heterocycles. The molecule has 1 amide bonds. The average Bonchev–Trinajstić information content (AvgIpc) is 3.37. The number of carbonyl (C=O) groups excluding carboxylic acids is 1. The maximum absolute atomic E-state index is 12.9. The number of nitrogens with one attached hydrogen (secondary N) is 2. The zero-order valence-electron chi connectivity index (χ0n) is 17.0. The number of aliphatic hydroxyl groups is 1. The number of aromatic amines is 1. The highest BCUT2D eigenvalue weighted by Gasteiger charge is 2.23. The molecule has 8 heteroatoms. The van der Waals surface area contributed by atoms with Crippen LogP contribution in [0.15, 0.2) is 36.7 Å². The number of aliphatic hydroxyl groups excluding tert-OH is 1. The fourth-order valence-electron chi connectivity index (χ4n) is 4.20. The van der Waals surface area contributed by atoms with E-state index in [0.717, 1.165) is 39.1 Å². The van der Waals surface area contributed by atoms with Crippen LogP contribution in [0.2, 0.25) is 0 Å². The number of piperidine rings is 1. The van der Waals surface area contributed by atoms with Gasteiger partial charge in [0.05, 0.1) is 17.9 Å². The number of benzene rings is 1. The molecule has 1 fully saturated rings. The zero-order valence-corrected chi connectivity index (χ0v) is 17.0. The van der Waals surface area contributed by atoms with Gasteiger partial charge in [0.15, 0.2) is 5.82 Å². The quantitative estimate of drug-likeness (QED) is 0.488. The van der Waals surface area contributed by atoms with Crippen molar-refractivity contribution in [2.24, 2.45) is 7.05 Å². The van der Waals surface area contributed by atoms with E-state index in [9.17, 15) is 9.90 Å². The molecule has 0 saturated carbocycles. The van der Waals surface area contributed by atoms with Gasteiger partial charge in [-0.1, -0.05) is 12.1 Å². The minimum atomic E-state index is -0.300. The molecule has 4 heterocycles. The molecule has 1 saturated heterocycles. The Labute approximate surface area is 173 Å². The summed E-state index contributed by atoms with van der Waals surface area (Å²) in [5.74, 6) is 0.729. The monoisotopic (exact) mass is 404 g/mol. The lowest BCUT2D eigenvalue weighted by molar-refractivity contribution is 0.0546. The van der Waals surface area contributed by atoms with Gasteiger partial charge in [-0.05, 0) is 36.6 Å². The highest BCUT2D eigenvalue weighted by molar-refractivity contribution is 6.07. The lowest BCUT2D eigenvalue weighted by atomic mass is 10.0. The van der Waals surface area contributed by atoms with Gasteiger partial charge in [0.1, 0.15) is 11.2 Å². The number of H-pyrrole nitrogens is 1. The number of aromatic nitrogens is 4. The maximum Gasteiger partial charge on any atom is 0.253 e. The molecule has 1 aromatic carbocycles. The van der Waals surface area contributed by atoms with Crippen molar-refractivity contribution in [3.05, 3.63) is 42.2 Å². The Morgan fingerprint density at radius 3 is 2.83 bits per heavy atom. The molecule has 3 N–H and O–H groups in total. The summed E-state index contributed by atoms with van der Waals surface area (Å²) in [6.45, 7) is 1.18. The normalized spacial score (nSPS) is 15.2. The predicted molar refractivity (Wildman–Crippen MR) is 116 cm³/mol. The first-order chi connectivity index (χ1) is 14.5. The fraction of sp³-hybridized carbons (Fsp3) is 0.318. The topological polar surface area (TPSA) is 99.1 Å². The van der Waals surface area contributed by atoms with Gasteiger partial charge in [0.25, 0.3) is 5.91 Å². The highest BCUT2D eigenvalue weighted by Crippen LogP contribution is 2.32. The number of aryl methyl sites for hydroxylation is 1. The second-order valence-corrected chi connectivity index (χ2v) is 7.81. The summed E-state index contributed by atoms with van der Waals surface area (Å²) >= 11 is 0. The molecular formula is C22H24N6O2. The molecule has 30 heavy (non-hydrogen) atoms. The van der Waals surface area contributed by atoms with Crippen molar-refractivity contribution in [2.45, 2.75) is 18.9 Å². The van der Waals surface area contributed by atoms with Crippen molar-refractivity contribution in [3.8, 4) is 11.3 Å². The molecule has 0 spiro atoms. The largest absolute Gasteiger partial charge is 0.393 e. The molecular weight excluding hydrogens is 380 g/mol. The molecule has 5 rings (SSSR count). The summed E-state index contributed by atoms with van der Waals surface area (Å²) in [6.07, 6.45) is 2.75. The first kappa shape index (κ1) is 18.6. The molecule has 154 valence electrons. The molecule has 0 aliphatic carbocycles. The number of hydrogen-bond donors (Lipinski definition) is 3. The predicted octanol–water partition coefficient (Wildman–Crippen LogP) is 2.76. The van der Waals surface area contributed by atoms with E-state index in [0.29, 0.717) is 31.5 Å². The van der Waals surface area contributed by atoms with Crippen LogP contribution in [-0.2, 0) is 7.05 Å².